The van der Waals surface area contributed by atoms with Gasteiger partial charge in [-0.3, -0.25) is 0 Å². The standard InChI is InChI=1S/C12H15N3O6/c16-10-13(1-8-5-20-8)11(17)15(7-3-19-4-7)12(18)14(10)2-9-6-21-9/h7-9H,1-6H2. The Morgan fingerprint density at radius 2 is 1.29 bits per heavy atom. The van der Waals surface area contributed by atoms with E-state index in [1.54, 1.807) is 0 Å². The molecular formula is C12H15N3O6. The molecule has 3 fully saturated rings. The third-order valence-corrected chi connectivity index (χ3v) is 3.90. The quantitative estimate of drug-likeness (QED) is 0.559. The minimum atomic E-state index is -0.590. The molecule has 0 N–H and O–H groups in total. The number of ether oxygens (including phenoxy) is 3. The fraction of sp³-hybridized carbons (Fsp3) is 0.750. The molecule has 2 unspecified atom stereocenters. The molecule has 2 atom stereocenters. The average molecular weight is 297 g/mol. The van der Waals surface area contributed by atoms with Crippen LogP contribution in [0.4, 0.5) is 0 Å². The second-order valence-corrected chi connectivity index (χ2v) is 5.54. The smallest absolute Gasteiger partial charge is 0.336 e. The summed E-state index contributed by atoms with van der Waals surface area (Å²) in [7, 11) is 0. The monoisotopic (exact) mass is 297 g/mol. The number of hydrogen-bond donors (Lipinski definition) is 0. The predicted octanol–water partition coefficient (Wildman–Crippen LogP) is -2.46. The number of nitrogens with zero attached hydrogens (tertiary/aromatic N) is 3. The molecule has 4 rings (SSSR count). The van der Waals surface area contributed by atoms with Crippen LogP contribution in [0.5, 0.6) is 0 Å². The molecule has 3 saturated heterocycles. The highest BCUT2D eigenvalue weighted by atomic mass is 16.6. The molecule has 4 heterocycles. The lowest BCUT2D eigenvalue weighted by Crippen LogP contribution is -2.58. The van der Waals surface area contributed by atoms with Crippen molar-refractivity contribution in [3.63, 3.8) is 0 Å². The maximum absolute atomic E-state index is 12.4. The molecule has 21 heavy (non-hydrogen) atoms. The molecule has 0 amide bonds. The first-order valence-corrected chi connectivity index (χ1v) is 6.92. The highest BCUT2D eigenvalue weighted by Crippen LogP contribution is 2.14. The van der Waals surface area contributed by atoms with Gasteiger partial charge in [-0.15, -0.1) is 0 Å². The molecule has 3 aliphatic heterocycles. The van der Waals surface area contributed by atoms with Crippen LogP contribution >= 0.6 is 0 Å². The summed E-state index contributed by atoms with van der Waals surface area (Å²) in [6, 6.07) is -0.302. The molecule has 114 valence electrons. The molecule has 1 aromatic rings. The van der Waals surface area contributed by atoms with Crippen LogP contribution in [0.15, 0.2) is 14.4 Å². The van der Waals surface area contributed by atoms with Gasteiger partial charge in [0.15, 0.2) is 0 Å². The molecule has 0 radical (unpaired) electrons. The molecular weight excluding hydrogens is 282 g/mol. The maximum atomic E-state index is 12.4. The second-order valence-electron chi connectivity index (χ2n) is 5.54. The Morgan fingerprint density at radius 1 is 0.810 bits per heavy atom. The van der Waals surface area contributed by atoms with Crippen molar-refractivity contribution in [3.05, 3.63) is 31.5 Å². The molecule has 9 nitrogen and oxygen atoms in total. The summed E-state index contributed by atoms with van der Waals surface area (Å²) in [6.45, 7) is 2.04. The van der Waals surface area contributed by atoms with Crippen LogP contribution in [0.2, 0.25) is 0 Å². The van der Waals surface area contributed by atoms with Crippen molar-refractivity contribution in [1.82, 2.24) is 13.7 Å². The summed E-state index contributed by atoms with van der Waals surface area (Å²) in [6.07, 6.45) is -0.241. The van der Waals surface area contributed by atoms with Crippen LogP contribution in [0.1, 0.15) is 6.04 Å². The van der Waals surface area contributed by atoms with Crippen molar-refractivity contribution in [2.75, 3.05) is 26.4 Å². The van der Waals surface area contributed by atoms with Gasteiger partial charge in [-0.05, 0) is 0 Å². The molecule has 9 heteroatoms. The summed E-state index contributed by atoms with van der Waals surface area (Å²) in [4.78, 5) is 37.3. The van der Waals surface area contributed by atoms with Crippen molar-refractivity contribution in [2.24, 2.45) is 0 Å². The van der Waals surface area contributed by atoms with E-state index in [1.807, 2.05) is 0 Å². The summed E-state index contributed by atoms with van der Waals surface area (Å²) < 4.78 is 18.5. The third kappa shape index (κ3) is 2.27. The Hall–Kier alpha value is -1.71. The van der Waals surface area contributed by atoms with Gasteiger partial charge in [0.25, 0.3) is 0 Å². The van der Waals surface area contributed by atoms with Crippen molar-refractivity contribution in [1.29, 1.82) is 0 Å². The molecule has 0 bridgehead atoms. The second kappa shape index (κ2) is 4.65. The third-order valence-electron chi connectivity index (χ3n) is 3.90. The average Bonchev–Trinajstić information content (AvgIpc) is 3.28. The largest absolute Gasteiger partial charge is 0.377 e. The zero-order valence-electron chi connectivity index (χ0n) is 11.3. The van der Waals surface area contributed by atoms with Gasteiger partial charge >= 0.3 is 17.1 Å². The Kier molecular flexibility index (Phi) is 2.88. The lowest BCUT2D eigenvalue weighted by atomic mass is 10.2. The molecule has 0 saturated carbocycles. The first-order chi connectivity index (χ1) is 10.1. The topological polar surface area (TPSA) is 100 Å². The van der Waals surface area contributed by atoms with Gasteiger partial charge in [0, 0.05) is 0 Å². The van der Waals surface area contributed by atoms with E-state index < -0.39 is 17.1 Å². The number of rotatable bonds is 5. The van der Waals surface area contributed by atoms with Crippen LogP contribution in [0.3, 0.4) is 0 Å². The minimum absolute atomic E-state index is 0.121. The first kappa shape index (κ1) is 13.0. The molecule has 1 aromatic heterocycles. The highest BCUT2D eigenvalue weighted by molar-refractivity contribution is 4.88. The van der Waals surface area contributed by atoms with Crippen LogP contribution in [0, 0.1) is 0 Å². The van der Waals surface area contributed by atoms with Gasteiger partial charge < -0.3 is 14.2 Å². The van der Waals surface area contributed by atoms with Gasteiger partial charge in [-0.25, -0.2) is 28.1 Å². The molecule has 0 spiro atoms. The van der Waals surface area contributed by atoms with Gasteiger partial charge in [-0.2, -0.15) is 0 Å². The van der Waals surface area contributed by atoms with Gasteiger partial charge in [0.1, 0.15) is 0 Å². The Balaban J connectivity index is 1.85. The van der Waals surface area contributed by atoms with E-state index in [1.165, 1.54) is 0 Å². The lowest BCUT2D eigenvalue weighted by molar-refractivity contribution is -0.0289. The van der Waals surface area contributed by atoms with Crippen LogP contribution < -0.4 is 17.1 Å². The summed E-state index contributed by atoms with van der Waals surface area (Å²) in [5, 5.41) is 0. The summed E-state index contributed by atoms with van der Waals surface area (Å²) in [5.41, 5.74) is -1.75. The predicted molar refractivity (Wildman–Crippen MR) is 68.6 cm³/mol. The van der Waals surface area contributed by atoms with Crippen LogP contribution in [0.25, 0.3) is 0 Å². The minimum Gasteiger partial charge on any atom is -0.377 e. The molecule has 3 aliphatic rings. The first-order valence-electron chi connectivity index (χ1n) is 6.92. The number of aromatic nitrogens is 3. The summed E-state index contributed by atoms with van der Waals surface area (Å²) in [5.74, 6) is 0. The summed E-state index contributed by atoms with van der Waals surface area (Å²) >= 11 is 0. The van der Waals surface area contributed by atoms with E-state index in [9.17, 15) is 14.4 Å². The van der Waals surface area contributed by atoms with Crippen LogP contribution in [-0.2, 0) is 27.3 Å². The SMILES string of the molecule is O=c1n(CC2CO2)c(=O)n(C2COC2)c(=O)n1CC1CO1. The zero-order chi connectivity index (χ0) is 14.6. The van der Waals surface area contributed by atoms with E-state index >= 15 is 0 Å². The molecule has 0 aliphatic carbocycles. The van der Waals surface area contributed by atoms with E-state index in [0.717, 1.165) is 13.7 Å². The van der Waals surface area contributed by atoms with Crippen LogP contribution in [-0.4, -0.2) is 52.3 Å². The Bertz CT molecular complexity index is 683. The van der Waals surface area contributed by atoms with Crippen molar-refractivity contribution in [2.45, 2.75) is 31.3 Å². The Morgan fingerprint density at radius 3 is 1.62 bits per heavy atom. The van der Waals surface area contributed by atoms with Gasteiger partial charge in [0.2, 0.25) is 0 Å². The van der Waals surface area contributed by atoms with E-state index in [0.29, 0.717) is 26.4 Å². The van der Waals surface area contributed by atoms with E-state index in [2.05, 4.69) is 0 Å². The Labute approximate surface area is 118 Å². The maximum Gasteiger partial charge on any atom is 0.336 e. The number of hydrogen-bond acceptors (Lipinski definition) is 6. The van der Waals surface area contributed by atoms with Crippen molar-refractivity contribution >= 4 is 0 Å². The fourth-order valence-electron chi connectivity index (χ4n) is 2.40. The molecule has 0 aromatic carbocycles. The lowest BCUT2D eigenvalue weighted by Gasteiger charge is -2.27. The normalized spacial score (nSPS) is 27.4. The highest BCUT2D eigenvalue weighted by Gasteiger charge is 2.32. The van der Waals surface area contributed by atoms with E-state index in [4.69, 9.17) is 14.2 Å². The number of epoxide rings is 2. The van der Waals surface area contributed by atoms with Crippen molar-refractivity contribution < 1.29 is 14.2 Å². The van der Waals surface area contributed by atoms with Gasteiger partial charge in [0.05, 0.1) is 57.8 Å². The van der Waals surface area contributed by atoms with E-state index in [-0.39, 0.29) is 31.3 Å². The fourth-order valence-corrected chi connectivity index (χ4v) is 2.40. The van der Waals surface area contributed by atoms with Crippen molar-refractivity contribution in [3.8, 4) is 0 Å². The zero-order valence-corrected chi connectivity index (χ0v) is 11.3. The van der Waals surface area contributed by atoms with Gasteiger partial charge in [-0.1, -0.05) is 0 Å².